The normalized spacial score (nSPS) is 20.9. The molecule has 1 aromatic carbocycles. The van der Waals surface area contributed by atoms with Crippen LogP contribution in [0.4, 0.5) is 0 Å². The van der Waals surface area contributed by atoms with Gasteiger partial charge in [0.2, 0.25) is 5.91 Å². The van der Waals surface area contributed by atoms with Crippen LogP contribution >= 0.6 is 0 Å². The fourth-order valence-corrected chi connectivity index (χ4v) is 3.00. The van der Waals surface area contributed by atoms with Crippen molar-refractivity contribution >= 4 is 11.9 Å². The molecule has 1 N–H and O–H groups in total. The van der Waals surface area contributed by atoms with Crippen molar-refractivity contribution in [1.29, 1.82) is 0 Å². The smallest absolute Gasteiger partial charge is 0.334 e. The fourth-order valence-electron chi connectivity index (χ4n) is 3.00. The highest BCUT2D eigenvalue weighted by Crippen LogP contribution is 2.29. The molecule has 2 atom stereocenters. The number of aliphatic carboxylic acids is 1. The summed E-state index contributed by atoms with van der Waals surface area (Å²) in [6, 6.07) is 7.53. The number of morpholine rings is 1. The van der Waals surface area contributed by atoms with Gasteiger partial charge in [-0.05, 0) is 44.4 Å². The number of carboxylic acids is 1. The standard InChI is InChI=1S/C20H29NO5/c1-13(2)12-25-16-8-6-15(7-9-16)20(4,5)19(24)21-10-14(3)26-17(11-21)18(22)23/h6-9,13-14,17H,10-12H2,1-5H3,(H,22,23)/t14-,17?/m1/s1. The van der Waals surface area contributed by atoms with E-state index in [1.165, 1.54) is 0 Å². The van der Waals surface area contributed by atoms with Crippen molar-refractivity contribution in [2.45, 2.75) is 52.2 Å². The summed E-state index contributed by atoms with van der Waals surface area (Å²) in [6.07, 6.45) is -1.29. The lowest BCUT2D eigenvalue weighted by Crippen LogP contribution is -2.55. The summed E-state index contributed by atoms with van der Waals surface area (Å²) in [5.41, 5.74) is 0.0990. The van der Waals surface area contributed by atoms with Crippen LogP contribution in [0.25, 0.3) is 0 Å². The maximum atomic E-state index is 13.1. The van der Waals surface area contributed by atoms with Gasteiger partial charge in [-0.2, -0.15) is 0 Å². The first kappa shape index (κ1) is 20.2. The molecule has 0 radical (unpaired) electrons. The van der Waals surface area contributed by atoms with Crippen LogP contribution in [0.5, 0.6) is 5.75 Å². The zero-order valence-electron chi connectivity index (χ0n) is 16.2. The summed E-state index contributed by atoms with van der Waals surface area (Å²) < 4.78 is 11.1. The molecule has 6 nitrogen and oxygen atoms in total. The Balaban J connectivity index is 2.12. The van der Waals surface area contributed by atoms with Crippen LogP contribution in [0.2, 0.25) is 0 Å². The molecule has 144 valence electrons. The van der Waals surface area contributed by atoms with Crippen molar-refractivity contribution in [1.82, 2.24) is 4.90 Å². The Hall–Kier alpha value is -2.08. The van der Waals surface area contributed by atoms with Crippen LogP contribution in [-0.4, -0.2) is 53.8 Å². The number of carbonyl (C=O) groups excluding carboxylic acids is 1. The Morgan fingerprint density at radius 3 is 2.42 bits per heavy atom. The second-order valence-corrected chi connectivity index (χ2v) is 7.84. The van der Waals surface area contributed by atoms with Gasteiger partial charge in [0, 0.05) is 6.54 Å². The van der Waals surface area contributed by atoms with Gasteiger partial charge in [0.25, 0.3) is 0 Å². The van der Waals surface area contributed by atoms with Crippen LogP contribution in [0, 0.1) is 5.92 Å². The number of rotatable bonds is 6. The lowest BCUT2D eigenvalue weighted by Gasteiger charge is -2.39. The van der Waals surface area contributed by atoms with Crippen LogP contribution in [0.15, 0.2) is 24.3 Å². The molecule has 1 aliphatic heterocycles. The van der Waals surface area contributed by atoms with E-state index in [2.05, 4.69) is 13.8 Å². The predicted molar refractivity (Wildman–Crippen MR) is 98.4 cm³/mol. The van der Waals surface area contributed by atoms with Crippen molar-refractivity contribution in [2.75, 3.05) is 19.7 Å². The lowest BCUT2D eigenvalue weighted by molar-refractivity contribution is -0.168. The van der Waals surface area contributed by atoms with E-state index in [1.807, 2.05) is 38.1 Å². The molecule has 1 fully saturated rings. The lowest BCUT2D eigenvalue weighted by atomic mass is 9.83. The van der Waals surface area contributed by atoms with Crippen molar-refractivity contribution < 1.29 is 24.2 Å². The number of hydrogen-bond donors (Lipinski definition) is 1. The van der Waals surface area contributed by atoms with Gasteiger partial charge in [-0.25, -0.2) is 4.79 Å². The number of benzene rings is 1. The molecule has 1 saturated heterocycles. The van der Waals surface area contributed by atoms with E-state index in [9.17, 15) is 14.7 Å². The van der Waals surface area contributed by atoms with Gasteiger partial charge in [0.1, 0.15) is 5.75 Å². The first-order valence-electron chi connectivity index (χ1n) is 9.02. The van der Waals surface area contributed by atoms with E-state index in [4.69, 9.17) is 9.47 Å². The summed E-state index contributed by atoms with van der Waals surface area (Å²) in [6.45, 7) is 10.8. The molecule has 1 amide bonds. The van der Waals surface area contributed by atoms with E-state index < -0.39 is 17.5 Å². The highest BCUT2D eigenvalue weighted by molar-refractivity contribution is 5.88. The van der Waals surface area contributed by atoms with E-state index in [0.29, 0.717) is 19.1 Å². The second-order valence-electron chi connectivity index (χ2n) is 7.84. The van der Waals surface area contributed by atoms with Crippen LogP contribution in [-0.2, 0) is 19.7 Å². The third kappa shape index (κ3) is 4.75. The molecule has 0 spiro atoms. The van der Waals surface area contributed by atoms with Crippen molar-refractivity contribution in [3.8, 4) is 5.75 Å². The van der Waals surface area contributed by atoms with Gasteiger partial charge in [-0.3, -0.25) is 4.79 Å². The molecular weight excluding hydrogens is 334 g/mol. The first-order chi connectivity index (χ1) is 12.1. The number of nitrogens with zero attached hydrogens (tertiary/aromatic N) is 1. The highest BCUT2D eigenvalue weighted by atomic mass is 16.5. The average Bonchev–Trinajstić information content (AvgIpc) is 2.59. The molecule has 2 rings (SSSR count). The topological polar surface area (TPSA) is 76.1 Å². The second kappa shape index (κ2) is 8.08. The molecule has 6 heteroatoms. The Labute approximate surface area is 155 Å². The summed E-state index contributed by atoms with van der Waals surface area (Å²) >= 11 is 0. The zero-order valence-corrected chi connectivity index (χ0v) is 16.2. The van der Waals surface area contributed by atoms with Gasteiger partial charge >= 0.3 is 5.97 Å². The zero-order chi connectivity index (χ0) is 19.5. The maximum Gasteiger partial charge on any atom is 0.334 e. The van der Waals surface area contributed by atoms with E-state index in [0.717, 1.165) is 11.3 Å². The van der Waals surface area contributed by atoms with Gasteiger partial charge in [-0.1, -0.05) is 26.0 Å². The quantitative estimate of drug-likeness (QED) is 0.841. The van der Waals surface area contributed by atoms with Crippen LogP contribution in [0.3, 0.4) is 0 Å². The number of ether oxygens (including phenoxy) is 2. The molecule has 0 aromatic heterocycles. The summed E-state index contributed by atoms with van der Waals surface area (Å²) in [5, 5.41) is 9.22. The molecule has 1 aliphatic rings. The summed E-state index contributed by atoms with van der Waals surface area (Å²) in [7, 11) is 0. The minimum Gasteiger partial charge on any atom is -0.493 e. The molecule has 0 bridgehead atoms. The van der Waals surface area contributed by atoms with Crippen LogP contribution < -0.4 is 4.74 Å². The molecule has 1 heterocycles. The fraction of sp³-hybridized carbons (Fsp3) is 0.600. The largest absolute Gasteiger partial charge is 0.493 e. The first-order valence-corrected chi connectivity index (χ1v) is 9.02. The molecule has 26 heavy (non-hydrogen) atoms. The number of carbonyl (C=O) groups is 2. The van der Waals surface area contributed by atoms with Gasteiger partial charge in [-0.15, -0.1) is 0 Å². The summed E-state index contributed by atoms with van der Waals surface area (Å²) in [5.74, 6) is 0.0726. The van der Waals surface area contributed by atoms with Gasteiger partial charge in [0.15, 0.2) is 6.10 Å². The molecule has 1 unspecified atom stereocenters. The van der Waals surface area contributed by atoms with Crippen molar-refractivity contribution in [3.63, 3.8) is 0 Å². The minimum absolute atomic E-state index is 0.0670. The SMILES string of the molecule is CC(C)COc1ccc(C(C)(C)C(=O)N2CC(C(=O)O)O[C@H](C)C2)cc1. The third-order valence-electron chi connectivity index (χ3n) is 4.52. The average molecular weight is 363 g/mol. The van der Waals surface area contributed by atoms with Crippen LogP contribution in [0.1, 0.15) is 40.2 Å². The molecule has 1 aromatic rings. The van der Waals surface area contributed by atoms with E-state index in [1.54, 1.807) is 11.8 Å². The third-order valence-corrected chi connectivity index (χ3v) is 4.52. The van der Waals surface area contributed by atoms with Crippen molar-refractivity contribution in [3.05, 3.63) is 29.8 Å². The Kier molecular flexibility index (Phi) is 6.29. The number of carboxylic acid groups (broad SMARTS) is 1. The monoisotopic (exact) mass is 363 g/mol. The molecular formula is C20H29NO5. The predicted octanol–water partition coefficient (Wildman–Crippen LogP) is 2.70. The Bertz CT molecular complexity index is 638. The maximum absolute atomic E-state index is 13.1. The highest BCUT2D eigenvalue weighted by Gasteiger charge is 2.39. The number of amides is 1. The Morgan fingerprint density at radius 1 is 1.27 bits per heavy atom. The summed E-state index contributed by atoms with van der Waals surface area (Å²) in [4.78, 5) is 25.9. The van der Waals surface area contributed by atoms with E-state index in [-0.39, 0.29) is 18.6 Å². The van der Waals surface area contributed by atoms with E-state index >= 15 is 0 Å². The van der Waals surface area contributed by atoms with Crippen molar-refractivity contribution in [2.24, 2.45) is 5.92 Å². The number of hydrogen-bond acceptors (Lipinski definition) is 4. The van der Waals surface area contributed by atoms with Gasteiger partial charge < -0.3 is 19.5 Å². The molecule has 0 aliphatic carbocycles. The van der Waals surface area contributed by atoms with Gasteiger partial charge in [0.05, 0.1) is 24.7 Å². The minimum atomic E-state index is -1.04. The molecule has 0 saturated carbocycles. The Morgan fingerprint density at radius 2 is 1.88 bits per heavy atom.